The van der Waals surface area contributed by atoms with Crippen LogP contribution in [0, 0.1) is 0 Å². The minimum absolute atomic E-state index is 0.306. The number of rotatable bonds is 6. The Morgan fingerprint density at radius 3 is 2.96 bits per heavy atom. The van der Waals surface area contributed by atoms with Crippen molar-refractivity contribution in [2.45, 2.75) is 22.6 Å². The van der Waals surface area contributed by atoms with E-state index in [4.69, 9.17) is 16.3 Å². The monoisotopic (exact) mass is 374 g/mol. The van der Waals surface area contributed by atoms with Crippen LogP contribution in [0.1, 0.15) is 12.8 Å². The van der Waals surface area contributed by atoms with Crippen LogP contribution in [-0.4, -0.2) is 40.8 Å². The lowest BCUT2D eigenvalue weighted by molar-refractivity contribution is 0.122. The van der Waals surface area contributed by atoms with Gasteiger partial charge in [-0.05, 0) is 49.0 Å². The van der Waals surface area contributed by atoms with Gasteiger partial charge in [0.25, 0.3) is 0 Å². The molecule has 3 rings (SSSR count). The summed E-state index contributed by atoms with van der Waals surface area (Å²) in [6, 6.07) is 7.04. The Labute approximate surface area is 145 Å². The molecule has 1 aliphatic heterocycles. The molecule has 0 aliphatic carbocycles. The average Bonchev–Trinajstić information content (AvgIpc) is 3.13. The second-order valence-electron chi connectivity index (χ2n) is 5.82. The highest BCUT2D eigenvalue weighted by atomic mass is 35.5. The highest BCUT2D eigenvalue weighted by Gasteiger charge is 2.35. The lowest BCUT2D eigenvalue weighted by Crippen LogP contribution is -2.52. The normalized spacial score (nSPS) is 22.0. The van der Waals surface area contributed by atoms with Gasteiger partial charge in [0.1, 0.15) is 4.21 Å². The second kappa shape index (κ2) is 6.66. The van der Waals surface area contributed by atoms with Crippen LogP contribution >= 0.6 is 22.9 Å². The first-order chi connectivity index (χ1) is 10.9. The number of methoxy groups -OCH3 is 1. The fourth-order valence-electron chi connectivity index (χ4n) is 2.90. The third-order valence-electron chi connectivity index (χ3n) is 4.07. The molecule has 1 saturated heterocycles. The Morgan fingerprint density at radius 2 is 2.26 bits per heavy atom. The summed E-state index contributed by atoms with van der Waals surface area (Å²) in [6.45, 7) is 1.68. The summed E-state index contributed by atoms with van der Waals surface area (Å²) in [4.78, 5) is 0. The van der Waals surface area contributed by atoms with Crippen LogP contribution in [0.2, 0.25) is 5.02 Å². The first-order valence-electron chi connectivity index (χ1n) is 7.37. The molecule has 5 nitrogen and oxygen atoms in total. The molecule has 2 aromatic rings. The second-order valence-corrected chi connectivity index (χ2v) is 9.33. The van der Waals surface area contributed by atoms with Gasteiger partial charge in [-0.1, -0.05) is 11.6 Å². The topological polar surface area (TPSA) is 67.4 Å². The highest BCUT2D eigenvalue weighted by molar-refractivity contribution is 7.91. The molecule has 1 aliphatic rings. The van der Waals surface area contributed by atoms with Gasteiger partial charge in [0.2, 0.25) is 10.0 Å². The van der Waals surface area contributed by atoms with Crippen molar-refractivity contribution in [2.24, 2.45) is 0 Å². The van der Waals surface area contributed by atoms with Crippen LogP contribution in [-0.2, 0) is 14.8 Å². The van der Waals surface area contributed by atoms with E-state index in [9.17, 15) is 8.42 Å². The maximum atomic E-state index is 12.6. The number of thiophene rings is 1. The fraction of sp³-hybridized carbons (Fsp3) is 0.467. The summed E-state index contributed by atoms with van der Waals surface area (Å²) >= 11 is 7.21. The summed E-state index contributed by atoms with van der Waals surface area (Å²) in [7, 11) is -1.92. The molecule has 1 fully saturated rings. The lowest BCUT2D eigenvalue weighted by Gasteiger charge is -2.28. The molecule has 2 N–H and O–H groups in total. The zero-order valence-corrected chi connectivity index (χ0v) is 15.2. The average molecular weight is 375 g/mol. The Bertz CT molecular complexity index is 798. The molecule has 1 aromatic carbocycles. The van der Waals surface area contributed by atoms with Gasteiger partial charge in [-0.2, -0.15) is 0 Å². The van der Waals surface area contributed by atoms with Crippen LogP contribution < -0.4 is 10.0 Å². The third kappa shape index (κ3) is 3.70. The first-order valence-corrected chi connectivity index (χ1v) is 10.0. The Morgan fingerprint density at radius 1 is 1.43 bits per heavy atom. The summed E-state index contributed by atoms with van der Waals surface area (Å²) in [6.07, 6.45) is 1.91. The maximum Gasteiger partial charge on any atom is 0.250 e. The van der Waals surface area contributed by atoms with E-state index in [0.29, 0.717) is 22.4 Å². The van der Waals surface area contributed by atoms with Gasteiger partial charge in [-0.25, -0.2) is 13.1 Å². The predicted octanol–water partition coefficient (Wildman–Crippen LogP) is 2.60. The quantitative estimate of drug-likeness (QED) is 0.815. The SMILES string of the molecule is COCC1(CNS(=O)(=O)c2cc3cc(Cl)ccc3s2)CCCN1. The van der Waals surface area contributed by atoms with Gasteiger partial charge < -0.3 is 10.1 Å². The molecular weight excluding hydrogens is 356 g/mol. The summed E-state index contributed by atoms with van der Waals surface area (Å²) < 4.78 is 34.4. The largest absolute Gasteiger partial charge is 0.383 e. The highest BCUT2D eigenvalue weighted by Crippen LogP contribution is 2.31. The van der Waals surface area contributed by atoms with Crippen LogP contribution in [0.5, 0.6) is 0 Å². The number of hydrogen-bond donors (Lipinski definition) is 2. The molecule has 0 amide bonds. The zero-order chi connectivity index (χ0) is 16.5. The number of benzene rings is 1. The molecule has 1 aromatic heterocycles. The molecule has 126 valence electrons. The number of hydrogen-bond acceptors (Lipinski definition) is 5. The van der Waals surface area contributed by atoms with Crippen molar-refractivity contribution in [3.8, 4) is 0 Å². The van der Waals surface area contributed by atoms with E-state index >= 15 is 0 Å². The van der Waals surface area contributed by atoms with E-state index in [-0.39, 0.29) is 5.54 Å². The van der Waals surface area contributed by atoms with E-state index in [1.165, 1.54) is 11.3 Å². The van der Waals surface area contributed by atoms with Crippen LogP contribution in [0.3, 0.4) is 0 Å². The summed E-state index contributed by atoms with van der Waals surface area (Å²) in [5.41, 5.74) is -0.318. The van der Waals surface area contributed by atoms with Crippen LogP contribution in [0.4, 0.5) is 0 Å². The molecule has 1 unspecified atom stereocenters. The fourth-order valence-corrected chi connectivity index (χ4v) is 5.63. The van der Waals surface area contributed by atoms with Crippen molar-refractivity contribution in [1.29, 1.82) is 0 Å². The smallest absolute Gasteiger partial charge is 0.250 e. The van der Waals surface area contributed by atoms with Crippen molar-refractivity contribution >= 4 is 43.0 Å². The molecule has 0 bridgehead atoms. The predicted molar refractivity (Wildman–Crippen MR) is 93.9 cm³/mol. The Hall–Kier alpha value is -0.700. The van der Waals surface area contributed by atoms with Crippen LogP contribution in [0.25, 0.3) is 10.1 Å². The minimum atomic E-state index is -3.55. The van der Waals surface area contributed by atoms with Crippen LogP contribution in [0.15, 0.2) is 28.5 Å². The van der Waals surface area contributed by atoms with Gasteiger partial charge in [0, 0.05) is 23.4 Å². The van der Waals surface area contributed by atoms with E-state index < -0.39 is 10.0 Å². The van der Waals surface area contributed by atoms with Crippen molar-refractivity contribution in [2.75, 3.05) is 26.8 Å². The van der Waals surface area contributed by atoms with Crippen molar-refractivity contribution < 1.29 is 13.2 Å². The molecule has 2 heterocycles. The number of sulfonamides is 1. The van der Waals surface area contributed by atoms with E-state index in [2.05, 4.69) is 10.0 Å². The number of ether oxygens (including phenoxy) is 1. The van der Waals surface area contributed by atoms with Gasteiger partial charge in [-0.3, -0.25) is 0 Å². The van der Waals surface area contributed by atoms with Crippen molar-refractivity contribution in [1.82, 2.24) is 10.0 Å². The molecule has 1 atom stereocenters. The molecular formula is C15H19ClN2O3S2. The maximum absolute atomic E-state index is 12.6. The standard InChI is InChI=1S/C15H19ClN2O3S2/c1-21-10-15(5-2-6-17-15)9-18-23(19,20)14-8-11-7-12(16)3-4-13(11)22-14/h3-4,7-8,17-18H,2,5-6,9-10H2,1H3. The van der Waals surface area contributed by atoms with E-state index in [0.717, 1.165) is 29.5 Å². The van der Waals surface area contributed by atoms with Gasteiger partial charge >= 0.3 is 0 Å². The number of halogens is 1. The zero-order valence-electron chi connectivity index (χ0n) is 12.8. The molecule has 0 spiro atoms. The van der Waals surface area contributed by atoms with Gasteiger partial charge in [0.05, 0.1) is 12.1 Å². The summed E-state index contributed by atoms with van der Waals surface area (Å²) in [5.74, 6) is 0. The number of fused-ring (bicyclic) bond motifs is 1. The van der Waals surface area contributed by atoms with Crippen molar-refractivity contribution in [3.63, 3.8) is 0 Å². The van der Waals surface area contributed by atoms with Gasteiger partial charge in [-0.15, -0.1) is 11.3 Å². The van der Waals surface area contributed by atoms with Crippen molar-refractivity contribution in [3.05, 3.63) is 29.3 Å². The molecule has 0 saturated carbocycles. The number of nitrogens with one attached hydrogen (secondary N) is 2. The molecule has 23 heavy (non-hydrogen) atoms. The van der Waals surface area contributed by atoms with E-state index in [1.807, 2.05) is 6.07 Å². The Balaban J connectivity index is 1.80. The Kier molecular flexibility index (Phi) is 4.96. The first kappa shape index (κ1) is 17.1. The van der Waals surface area contributed by atoms with E-state index in [1.54, 1.807) is 25.3 Å². The minimum Gasteiger partial charge on any atom is -0.383 e. The van der Waals surface area contributed by atoms with Gasteiger partial charge in [0.15, 0.2) is 0 Å². The summed E-state index contributed by atoms with van der Waals surface area (Å²) in [5, 5.41) is 4.80. The molecule has 0 radical (unpaired) electrons. The lowest BCUT2D eigenvalue weighted by atomic mass is 9.99. The molecule has 8 heteroatoms. The third-order valence-corrected chi connectivity index (χ3v) is 7.30.